The largest absolute Gasteiger partial charge is 0.371 e. The molecule has 3 fully saturated rings. The highest BCUT2D eigenvalue weighted by molar-refractivity contribution is 5.94. The molecule has 3 heterocycles. The summed E-state index contributed by atoms with van der Waals surface area (Å²) < 4.78 is 24.7. The van der Waals surface area contributed by atoms with Crippen molar-refractivity contribution in [2.24, 2.45) is 0 Å². The number of amides is 1. The Balaban J connectivity index is 1.23. The van der Waals surface area contributed by atoms with Crippen LogP contribution in [0.4, 0.5) is 0 Å². The third-order valence-electron chi connectivity index (χ3n) is 6.34. The highest BCUT2D eigenvalue weighted by Crippen LogP contribution is 2.45. The Hall–Kier alpha value is -2.29. The second-order valence-corrected chi connectivity index (χ2v) is 9.30. The molecule has 5 atom stereocenters. The van der Waals surface area contributed by atoms with Crippen LogP contribution in [0.3, 0.4) is 0 Å². The second kappa shape index (κ2) is 8.24. The van der Waals surface area contributed by atoms with Crippen LogP contribution in [-0.4, -0.2) is 67.4 Å². The topological polar surface area (TPSA) is 72.6 Å². The van der Waals surface area contributed by atoms with Crippen molar-refractivity contribution in [3.8, 4) is 0 Å². The Morgan fingerprint density at radius 3 is 2.50 bits per heavy atom. The molecule has 1 N–H and O–H groups in total. The van der Waals surface area contributed by atoms with Crippen LogP contribution in [0.15, 0.2) is 60.7 Å². The van der Waals surface area contributed by atoms with Crippen LogP contribution in [0.1, 0.15) is 35.9 Å². The number of nitrogens with one attached hydrogen (secondary N) is 1. The van der Waals surface area contributed by atoms with Gasteiger partial charge in [-0.2, -0.15) is 0 Å². The molecule has 1 amide bonds. The van der Waals surface area contributed by atoms with Gasteiger partial charge in [-0.25, -0.2) is 0 Å². The van der Waals surface area contributed by atoms with Gasteiger partial charge in [-0.3, -0.25) is 9.69 Å². The average molecular weight is 439 g/mol. The Labute approximate surface area is 188 Å². The Kier molecular flexibility index (Phi) is 5.55. The van der Waals surface area contributed by atoms with Gasteiger partial charge in [0.05, 0.1) is 19.3 Å². The fourth-order valence-corrected chi connectivity index (χ4v) is 4.82. The van der Waals surface area contributed by atoms with Gasteiger partial charge in [-0.1, -0.05) is 48.5 Å². The maximum Gasteiger partial charge on any atom is 0.251 e. The molecule has 32 heavy (non-hydrogen) atoms. The van der Waals surface area contributed by atoms with Crippen molar-refractivity contribution in [3.05, 3.63) is 71.8 Å². The highest BCUT2D eigenvalue weighted by Gasteiger charge is 2.61. The van der Waals surface area contributed by atoms with Gasteiger partial charge >= 0.3 is 0 Å². The van der Waals surface area contributed by atoms with Gasteiger partial charge < -0.3 is 24.3 Å². The molecule has 0 bridgehead atoms. The molecule has 7 nitrogen and oxygen atoms in total. The average Bonchev–Trinajstić information content (AvgIpc) is 3.48. The summed E-state index contributed by atoms with van der Waals surface area (Å²) >= 11 is 0. The van der Waals surface area contributed by atoms with Crippen LogP contribution >= 0.6 is 0 Å². The SMILES string of the molecule is CN(C[C@H]1OC[C@]2(CNC(=O)c3ccccc3)OC(C)(C)O[C@H]12)C1OC1c1ccccc1. The summed E-state index contributed by atoms with van der Waals surface area (Å²) in [6.07, 6.45) is -0.375. The third-order valence-corrected chi connectivity index (χ3v) is 6.34. The van der Waals surface area contributed by atoms with Crippen molar-refractivity contribution < 1.29 is 23.7 Å². The van der Waals surface area contributed by atoms with Gasteiger partial charge in [0, 0.05) is 12.1 Å². The first-order chi connectivity index (χ1) is 15.4. The molecule has 170 valence electrons. The molecule has 3 aliphatic heterocycles. The first-order valence-corrected chi connectivity index (χ1v) is 11.1. The number of ether oxygens (including phenoxy) is 4. The molecule has 0 aromatic heterocycles. The summed E-state index contributed by atoms with van der Waals surface area (Å²) in [4.78, 5) is 14.8. The molecule has 5 rings (SSSR count). The number of fused-ring (bicyclic) bond motifs is 1. The van der Waals surface area contributed by atoms with Crippen molar-refractivity contribution >= 4 is 5.91 Å². The highest BCUT2D eigenvalue weighted by atomic mass is 16.8. The van der Waals surface area contributed by atoms with Crippen LogP contribution in [-0.2, 0) is 18.9 Å². The van der Waals surface area contributed by atoms with Crippen molar-refractivity contribution in [1.29, 1.82) is 0 Å². The molecule has 0 radical (unpaired) electrons. The summed E-state index contributed by atoms with van der Waals surface area (Å²) in [6, 6.07) is 19.4. The van der Waals surface area contributed by atoms with Gasteiger partial charge in [-0.05, 0) is 38.6 Å². The number of nitrogens with zero attached hydrogens (tertiary/aromatic N) is 1. The summed E-state index contributed by atoms with van der Waals surface area (Å²) in [6.45, 7) is 5.14. The van der Waals surface area contributed by atoms with Gasteiger partial charge in [0.1, 0.15) is 24.0 Å². The number of epoxide rings is 1. The lowest BCUT2D eigenvalue weighted by Crippen LogP contribution is -2.52. The fourth-order valence-electron chi connectivity index (χ4n) is 4.82. The zero-order valence-electron chi connectivity index (χ0n) is 18.7. The van der Waals surface area contributed by atoms with E-state index in [0.717, 1.165) is 0 Å². The first-order valence-electron chi connectivity index (χ1n) is 11.1. The summed E-state index contributed by atoms with van der Waals surface area (Å²) in [5.74, 6) is -0.879. The van der Waals surface area contributed by atoms with Gasteiger partial charge in [-0.15, -0.1) is 0 Å². The van der Waals surface area contributed by atoms with Crippen molar-refractivity contribution in [3.63, 3.8) is 0 Å². The molecule has 0 spiro atoms. The van der Waals surface area contributed by atoms with E-state index in [1.165, 1.54) is 5.56 Å². The third kappa shape index (κ3) is 4.19. The van der Waals surface area contributed by atoms with Crippen LogP contribution < -0.4 is 5.32 Å². The minimum Gasteiger partial charge on any atom is -0.371 e. The lowest BCUT2D eigenvalue weighted by Gasteiger charge is -2.27. The molecule has 0 saturated carbocycles. The van der Waals surface area contributed by atoms with E-state index in [1.54, 1.807) is 12.1 Å². The molecule has 3 saturated heterocycles. The number of hydrogen-bond acceptors (Lipinski definition) is 6. The predicted molar refractivity (Wildman–Crippen MR) is 118 cm³/mol. The smallest absolute Gasteiger partial charge is 0.251 e. The van der Waals surface area contributed by atoms with Crippen molar-refractivity contribution in [1.82, 2.24) is 10.2 Å². The molecule has 2 unspecified atom stereocenters. The van der Waals surface area contributed by atoms with Crippen LogP contribution in [0.5, 0.6) is 0 Å². The van der Waals surface area contributed by atoms with Crippen molar-refractivity contribution in [2.75, 3.05) is 26.7 Å². The lowest BCUT2D eigenvalue weighted by molar-refractivity contribution is -0.190. The van der Waals surface area contributed by atoms with Gasteiger partial charge in [0.25, 0.3) is 5.91 Å². The Morgan fingerprint density at radius 1 is 1.09 bits per heavy atom. The van der Waals surface area contributed by atoms with E-state index < -0.39 is 11.4 Å². The number of carbonyl (C=O) groups excluding carboxylic acids is 1. The Bertz CT molecular complexity index is 953. The zero-order chi connectivity index (χ0) is 22.3. The molecule has 7 heteroatoms. The zero-order valence-corrected chi connectivity index (χ0v) is 18.7. The molecule has 2 aromatic rings. The van der Waals surface area contributed by atoms with E-state index in [-0.39, 0.29) is 30.4 Å². The van der Waals surface area contributed by atoms with Crippen molar-refractivity contribution in [2.45, 2.75) is 49.8 Å². The molecular weight excluding hydrogens is 408 g/mol. The quantitative estimate of drug-likeness (QED) is 0.671. The minimum atomic E-state index is -0.745. The predicted octanol–water partition coefficient (Wildman–Crippen LogP) is 2.73. The number of carbonyl (C=O) groups is 1. The van der Waals surface area contributed by atoms with E-state index in [0.29, 0.717) is 25.3 Å². The van der Waals surface area contributed by atoms with Crippen LogP contribution in [0.2, 0.25) is 0 Å². The standard InChI is InChI=1S/C25H30N2O5/c1-24(2)31-21-19(14-27(3)23-20(30-23)17-10-6-4-7-11-17)29-16-25(21,32-24)15-26-22(28)18-12-8-5-9-13-18/h4-13,19-21,23H,14-16H2,1-3H3,(H,26,28)/t19-,20?,21-,23?,25+/m1/s1. The summed E-state index contributed by atoms with van der Waals surface area (Å²) in [7, 11) is 2.04. The first kappa shape index (κ1) is 21.6. The van der Waals surface area contributed by atoms with E-state index in [4.69, 9.17) is 18.9 Å². The maximum absolute atomic E-state index is 12.6. The molecule has 0 aliphatic carbocycles. The van der Waals surface area contributed by atoms with Crippen LogP contribution in [0.25, 0.3) is 0 Å². The normalized spacial score (nSPS) is 32.6. The van der Waals surface area contributed by atoms with E-state index >= 15 is 0 Å². The Morgan fingerprint density at radius 2 is 1.78 bits per heavy atom. The summed E-state index contributed by atoms with van der Waals surface area (Å²) in [5.41, 5.74) is 1.07. The molecule has 3 aliphatic rings. The maximum atomic E-state index is 12.6. The van der Waals surface area contributed by atoms with Crippen LogP contribution in [0, 0.1) is 0 Å². The fraction of sp³-hybridized carbons (Fsp3) is 0.480. The lowest BCUT2D eigenvalue weighted by atomic mass is 9.96. The monoisotopic (exact) mass is 438 g/mol. The van der Waals surface area contributed by atoms with E-state index in [2.05, 4.69) is 22.3 Å². The minimum absolute atomic E-state index is 0.0177. The van der Waals surface area contributed by atoms with Gasteiger partial charge in [0.15, 0.2) is 5.79 Å². The van der Waals surface area contributed by atoms with E-state index in [9.17, 15) is 4.79 Å². The number of rotatable bonds is 7. The van der Waals surface area contributed by atoms with E-state index in [1.807, 2.05) is 57.3 Å². The second-order valence-electron chi connectivity index (χ2n) is 9.30. The van der Waals surface area contributed by atoms with Gasteiger partial charge in [0.2, 0.25) is 0 Å². The molecular formula is C25H30N2O5. The number of benzene rings is 2. The summed E-state index contributed by atoms with van der Waals surface area (Å²) in [5, 5.41) is 3.02. The number of likely N-dealkylation sites (N-methyl/N-ethyl adjacent to an activating group) is 1. The number of hydrogen-bond donors (Lipinski definition) is 1. The molecule has 2 aromatic carbocycles.